The van der Waals surface area contributed by atoms with E-state index < -0.39 is 5.79 Å². The van der Waals surface area contributed by atoms with E-state index in [0.29, 0.717) is 19.8 Å². The molecule has 0 saturated carbocycles. The largest absolute Gasteiger partial charge is 0.494 e. The van der Waals surface area contributed by atoms with Crippen LogP contribution in [0.5, 0.6) is 5.75 Å². The van der Waals surface area contributed by atoms with Crippen molar-refractivity contribution in [3.63, 3.8) is 0 Å². The molecule has 1 fully saturated rings. The molecule has 0 spiro atoms. The van der Waals surface area contributed by atoms with Gasteiger partial charge in [-0.3, -0.25) is 0 Å². The van der Waals surface area contributed by atoms with Crippen LogP contribution in [0.2, 0.25) is 0 Å². The van der Waals surface area contributed by atoms with E-state index in [1.54, 1.807) is 0 Å². The Morgan fingerprint density at radius 2 is 2.00 bits per heavy atom. The Balaban J connectivity index is 2.28. The predicted molar refractivity (Wildman–Crippen MR) is 61.6 cm³/mol. The van der Waals surface area contributed by atoms with Gasteiger partial charge in [-0.1, -0.05) is 0 Å². The van der Waals surface area contributed by atoms with Gasteiger partial charge in [-0.05, 0) is 44.5 Å². The summed E-state index contributed by atoms with van der Waals surface area (Å²) < 4.78 is 16.7. The highest BCUT2D eigenvalue weighted by molar-refractivity contribution is 5.37. The summed E-state index contributed by atoms with van der Waals surface area (Å²) in [6.07, 6.45) is 0. The van der Waals surface area contributed by atoms with E-state index in [2.05, 4.69) is 0 Å². The molecular weight excluding hydrogens is 204 g/mol. The molecule has 2 rings (SSSR count). The van der Waals surface area contributed by atoms with Crippen LogP contribution in [-0.2, 0) is 15.3 Å². The summed E-state index contributed by atoms with van der Waals surface area (Å²) in [5, 5.41) is 0. The van der Waals surface area contributed by atoms with Crippen LogP contribution in [0.1, 0.15) is 25.0 Å². The van der Waals surface area contributed by atoms with Gasteiger partial charge in [0.2, 0.25) is 0 Å². The fourth-order valence-corrected chi connectivity index (χ4v) is 2.07. The fourth-order valence-electron chi connectivity index (χ4n) is 2.07. The van der Waals surface area contributed by atoms with Crippen molar-refractivity contribution in [2.75, 3.05) is 19.8 Å². The minimum absolute atomic E-state index is 0.588. The third-order valence-electron chi connectivity index (χ3n) is 2.84. The maximum atomic E-state index is 5.64. The van der Waals surface area contributed by atoms with Crippen molar-refractivity contribution in [1.29, 1.82) is 0 Å². The molecular formula is C13H18O3. The van der Waals surface area contributed by atoms with E-state index in [-0.39, 0.29) is 0 Å². The molecule has 0 aliphatic carbocycles. The van der Waals surface area contributed by atoms with Gasteiger partial charge in [-0.2, -0.15) is 0 Å². The lowest BCUT2D eigenvalue weighted by Crippen LogP contribution is -2.23. The maximum absolute atomic E-state index is 5.64. The molecule has 1 aromatic carbocycles. The highest BCUT2D eigenvalue weighted by Gasteiger charge is 2.34. The van der Waals surface area contributed by atoms with E-state index in [4.69, 9.17) is 14.2 Å². The Labute approximate surface area is 96.3 Å². The second-order valence-electron chi connectivity index (χ2n) is 4.05. The summed E-state index contributed by atoms with van der Waals surface area (Å²) in [7, 11) is 0. The first-order chi connectivity index (χ1) is 7.65. The van der Waals surface area contributed by atoms with Crippen molar-refractivity contribution < 1.29 is 14.2 Å². The summed E-state index contributed by atoms with van der Waals surface area (Å²) in [4.78, 5) is 0. The van der Waals surface area contributed by atoms with Crippen LogP contribution in [-0.4, -0.2) is 19.8 Å². The number of hydrogen-bond acceptors (Lipinski definition) is 3. The number of aryl methyl sites for hydroxylation is 1. The van der Waals surface area contributed by atoms with Gasteiger partial charge < -0.3 is 14.2 Å². The van der Waals surface area contributed by atoms with Crippen LogP contribution < -0.4 is 4.74 Å². The molecule has 16 heavy (non-hydrogen) atoms. The third kappa shape index (κ3) is 2.06. The van der Waals surface area contributed by atoms with Gasteiger partial charge in [0.05, 0.1) is 19.8 Å². The summed E-state index contributed by atoms with van der Waals surface area (Å²) in [5.74, 6) is 0.305. The van der Waals surface area contributed by atoms with Crippen molar-refractivity contribution in [2.24, 2.45) is 0 Å². The predicted octanol–water partition coefficient (Wildman–Crippen LogP) is 2.61. The second-order valence-corrected chi connectivity index (χ2v) is 4.05. The molecule has 1 aliphatic heterocycles. The average Bonchev–Trinajstić information content (AvgIpc) is 2.66. The molecule has 1 heterocycles. The average molecular weight is 222 g/mol. The molecule has 3 heteroatoms. The number of hydrogen-bond donors (Lipinski definition) is 0. The zero-order valence-corrected chi connectivity index (χ0v) is 10.1. The number of benzene rings is 1. The van der Waals surface area contributed by atoms with Crippen LogP contribution in [0.3, 0.4) is 0 Å². The Kier molecular flexibility index (Phi) is 3.17. The van der Waals surface area contributed by atoms with Crippen LogP contribution in [0.4, 0.5) is 0 Å². The zero-order chi connectivity index (χ0) is 11.6. The molecule has 0 radical (unpaired) electrons. The van der Waals surface area contributed by atoms with Crippen molar-refractivity contribution in [3.05, 3.63) is 29.3 Å². The van der Waals surface area contributed by atoms with Gasteiger partial charge in [0, 0.05) is 5.56 Å². The number of rotatable bonds is 3. The van der Waals surface area contributed by atoms with Gasteiger partial charge >= 0.3 is 0 Å². The Morgan fingerprint density at radius 1 is 1.31 bits per heavy atom. The molecule has 1 aromatic rings. The van der Waals surface area contributed by atoms with Crippen molar-refractivity contribution >= 4 is 0 Å². The molecule has 0 N–H and O–H groups in total. The molecule has 88 valence electrons. The van der Waals surface area contributed by atoms with Crippen molar-refractivity contribution in [1.82, 2.24) is 0 Å². The first kappa shape index (κ1) is 11.4. The van der Waals surface area contributed by atoms with Crippen LogP contribution in [0.25, 0.3) is 0 Å². The summed E-state index contributed by atoms with van der Waals surface area (Å²) in [6, 6.07) is 6.00. The van der Waals surface area contributed by atoms with Gasteiger partial charge in [0.25, 0.3) is 0 Å². The Bertz CT molecular complexity index is 367. The summed E-state index contributed by atoms with van der Waals surface area (Å²) in [5.41, 5.74) is 2.21. The molecule has 3 nitrogen and oxygen atoms in total. The topological polar surface area (TPSA) is 27.7 Å². The van der Waals surface area contributed by atoms with Crippen molar-refractivity contribution in [2.45, 2.75) is 26.6 Å². The third-order valence-corrected chi connectivity index (χ3v) is 2.84. The molecule has 0 atom stereocenters. The molecule has 0 aromatic heterocycles. The van der Waals surface area contributed by atoms with E-state index in [1.165, 1.54) is 0 Å². The first-order valence-electron chi connectivity index (χ1n) is 5.67. The van der Waals surface area contributed by atoms with E-state index in [1.807, 2.05) is 39.0 Å². The van der Waals surface area contributed by atoms with Gasteiger partial charge in [0.15, 0.2) is 5.79 Å². The minimum atomic E-state index is -0.588. The maximum Gasteiger partial charge on any atom is 0.192 e. The van der Waals surface area contributed by atoms with E-state index in [0.717, 1.165) is 16.9 Å². The quantitative estimate of drug-likeness (QED) is 0.786. The van der Waals surface area contributed by atoms with Crippen LogP contribution >= 0.6 is 0 Å². The second kappa shape index (κ2) is 4.44. The molecule has 1 aliphatic rings. The molecule has 0 amide bonds. The van der Waals surface area contributed by atoms with Gasteiger partial charge in [0.1, 0.15) is 5.75 Å². The highest BCUT2D eigenvalue weighted by atomic mass is 16.7. The van der Waals surface area contributed by atoms with Gasteiger partial charge in [-0.15, -0.1) is 0 Å². The standard InChI is InChI=1S/C13H18O3/c1-4-14-11-5-6-12(10(2)9-11)13(3)15-7-8-16-13/h5-6,9H,4,7-8H2,1-3H3. The van der Waals surface area contributed by atoms with Gasteiger partial charge in [-0.25, -0.2) is 0 Å². The summed E-state index contributed by atoms with van der Waals surface area (Å²) in [6.45, 7) is 7.99. The Morgan fingerprint density at radius 3 is 2.56 bits per heavy atom. The Hall–Kier alpha value is -1.06. The molecule has 0 bridgehead atoms. The van der Waals surface area contributed by atoms with Crippen LogP contribution in [0.15, 0.2) is 18.2 Å². The smallest absolute Gasteiger partial charge is 0.192 e. The normalized spacial score (nSPS) is 18.7. The highest BCUT2D eigenvalue weighted by Crippen LogP contribution is 2.34. The zero-order valence-electron chi connectivity index (χ0n) is 10.1. The monoisotopic (exact) mass is 222 g/mol. The molecule has 1 saturated heterocycles. The van der Waals surface area contributed by atoms with E-state index >= 15 is 0 Å². The number of ether oxygens (including phenoxy) is 3. The lowest BCUT2D eigenvalue weighted by molar-refractivity contribution is -0.150. The first-order valence-corrected chi connectivity index (χ1v) is 5.67. The SMILES string of the molecule is CCOc1ccc(C2(C)OCCO2)c(C)c1. The summed E-state index contributed by atoms with van der Waals surface area (Å²) >= 11 is 0. The lowest BCUT2D eigenvalue weighted by atomic mass is 10.0. The fraction of sp³-hybridized carbons (Fsp3) is 0.538. The lowest BCUT2D eigenvalue weighted by Gasteiger charge is -2.24. The van der Waals surface area contributed by atoms with Crippen molar-refractivity contribution in [3.8, 4) is 5.75 Å². The van der Waals surface area contributed by atoms with E-state index in [9.17, 15) is 0 Å². The minimum Gasteiger partial charge on any atom is -0.494 e. The molecule has 0 unspecified atom stereocenters. The van der Waals surface area contributed by atoms with Crippen LogP contribution in [0, 0.1) is 6.92 Å².